The maximum absolute atomic E-state index is 12.0. The molecule has 6 nitrogen and oxygen atoms in total. The van der Waals surface area contributed by atoms with Gasteiger partial charge in [0, 0.05) is 19.2 Å². The number of hydrogen-bond donors (Lipinski definition) is 1. The third-order valence-electron chi connectivity index (χ3n) is 3.66. The molecule has 0 aliphatic heterocycles. The summed E-state index contributed by atoms with van der Waals surface area (Å²) in [7, 11) is 0. The molecule has 0 spiro atoms. The van der Waals surface area contributed by atoms with E-state index >= 15 is 0 Å². The lowest BCUT2D eigenvalue weighted by atomic mass is 9.97. The molecule has 1 N–H and O–H groups in total. The van der Waals surface area contributed by atoms with Gasteiger partial charge >= 0.3 is 0 Å². The summed E-state index contributed by atoms with van der Waals surface area (Å²) in [5, 5.41) is 7.13. The van der Waals surface area contributed by atoms with Gasteiger partial charge in [-0.15, -0.1) is 0 Å². The van der Waals surface area contributed by atoms with Crippen LogP contribution in [0.3, 0.4) is 0 Å². The molecule has 1 aliphatic rings. The van der Waals surface area contributed by atoms with E-state index in [1.807, 2.05) is 13.8 Å². The lowest BCUT2D eigenvalue weighted by Crippen LogP contribution is -2.35. The molecule has 0 unspecified atom stereocenters. The molecule has 0 atom stereocenters. The SMILES string of the molecule is CC(C)OCCCNC(=O)Cn1nc2c(cc1=O)CCCC2. The second-order valence-electron chi connectivity index (χ2n) is 5.94. The van der Waals surface area contributed by atoms with Crippen LogP contribution in [0.25, 0.3) is 0 Å². The lowest BCUT2D eigenvalue weighted by molar-refractivity contribution is -0.121. The second-order valence-corrected chi connectivity index (χ2v) is 5.94. The third-order valence-corrected chi connectivity index (χ3v) is 3.66. The van der Waals surface area contributed by atoms with Crippen molar-refractivity contribution in [2.75, 3.05) is 13.2 Å². The number of carbonyl (C=O) groups excluding carboxylic acids is 1. The van der Waals surface area contributed by atoms with Crippen molar-refractivity contribution in [3.8, 4) is 0 Å². The van der Waals surface area contributed by atoms with E-state index in [1.165, 1.54) is 4.68 Å². The molecule has 0 fully saturated rings. The van der Waals surface area contributed by atoms with E-state index in [2.05, 4.69) is 10.4 Å². The van der Waals surface area contributed by atoms with E-state index in [4.69, 9.17) is 4.74 Å². The Morgan fingerprint density at radius 3 is 2.95 bits per heavy atom. The molecule has 6 heteroatoms. The molecule has 2 rings (SSSR count). The number of nitrogens with zero attached hydrogens (tertiary/aromatic N) is 2. The molecule has 122 valence electrons. The number of amides is 1. The number of hydrogen-bond acceptors (Lipinski definition) is 4. The first kappa shape index (κ1) is 16.7. The monoisotopic (exact) mass is 307 g/mol. The summed E-state index contributed by atoms with van der Waals surface area (Å²) in [6, 6.07) is 1.63. The van der Waals surface area contributed by atoms with Gasteiger partial charge in [0.15, 0.2) is 0 Å². The van der Waals surface area contributed by atoms with Gasteiger partial charge in [-0.05, 0) is 51.5 Å². The standard InChI is InChI=1S/C16H25N3O3/c1-12(2)22-9-5-8-17-15(20)11-19-16(21)10-13-6-3-4-7-14(13)18-19/h10,12H,3-9,11H2,1-2H3,(H,17,20). The Morgan fingerprint density at radius 2 is 2.18 bits per heavy atom. The highest BCUT2D eigenvalue weighted by Gasteiger charge is 2.14. The molecule has 1 aliphatic carbocycles. The Labute approximate surface area is 130 Å². The fourth-order valence-corrected chi connectivity index (χ4v) is 2.53. The Balaban J connectivity index is 1.83. The first-order valence-corrected chi connectivity index (χ1v) is 8.04. The van der Waals surface area contributed by atoms with Gasteiger partial charge in [-0.25, -0.2) is 4.68 Å². The normalized spacial score (nSPS) is 14.0. The molecule has 1 aromatic rings. The molecule has 0 saturated carbocycles. The summed E-state index contributed by atoms with van der Waals surface area (Å²) in [5.74, 6) is -0.185. The Bertz CT molecular complexity index is 566. The third kappa shape index (κ3) is 4.94. The first-order chi connectivity index (χ1) is 10.6. The maximum atomic E-state index is 12.0. The number of fused-ring (bicyclic) bond motifs is 1. The van der Waals surface area contributed by atoms with Gasteiger partial charge in [0.2, 0.25) is 5.91 Å². The topological polar surface area (TPSA) is 73.2 Å². The van der Waals surface area contributed by atoms with Crippen molar-refractivity contribution in [3.05, 3.63) is 27.7 Å². The summed E-state index contributed by atoms with van der Waals surface area (Å²) in [5.41, 5.74) is 1.81. The maximum Gasteiger partial charge on any atom is 0.267 e. The van der Waals surface area contributed by atoms with Crippen LogP contribution in [0.15, 0.2) is 10.9 Å². The molecule has 0 radical (unpaired) electrons. The molecule has 0 saturated heterocycles. The van der Waals surface area contributed by atoms with E-state index in [0.717, 1.165) is 43.4 Å². The van der Waals surface area contributed by atoms with Crippen LogP contribution in [0, 0.1) is 0 Å². The minimum absolute atomic E-state index is 0.0167. The Kier molecular flexibility index (Phi) is 6.12. The lowest BCUT2D eigenvalue weighted by Gasteiger charge is -2.15. The zero-order valence-electron chi connectivity index (χ0n) is 13.4. The molecular weight excluding hydrogens is 282 g/mol. The zero-order valence-corrected chi connectivity index (χ0v) is 13.4. The van der Waals surface area contributed by atoms with Crippen LogP contribution < -0.4 is 10.9 Å². The van der Waals surface area contributed by atoms with Crippen molar-refractivity contribution in [1.29, 1.82) is 0 Å². The highest BCUT2D eigenvalue weighted by molar-refractivity contribution is 5.75. The molecule has 1 aromatic heterocycles. The summed E-state index contributed by atoms with van der Waals surface area (Å²) >= 11 is 0. The predicted octanol–water partition coefficient (Wildman–Crippen LogP) is 1.05. The smallest absolute Gasteiger partial charge is 0.267 e. The molecule has 1 amide bonds. The van der Waals surface area contributed by atoms with Crippen LogP contribution in [-0.2, 0) is 28.9 Å². The van der Waals surface area contributed by atoms with E-state index in [9.17, 15) is 9.59 Å². The minimum atomic E-state index is -0.195. The molecule has 0 bridgehead atoms. The van der Waals surface area contributed by atoms with Gasteiger partial charge in [-0.2, -0.15) is 5.10 Å². The number of nitrogens with one attached hydrogen (secondary N) is 1. The van der Waals surface area contributed by atoms with Crippen molar-refractivity contribution < 1.29 is 9.53 Å². The van der Waals surface area contributed by atoms with Gasteiger partial charge in [-0.1, -0.05) is 0 Å². The van der Waals surface area contributed by atoms with E-state index in [1.54, 1.807) is 6.07 Å². The van der Waals surface area contributed by atoms with Gasteiger partial charge < -0.3 is 10.1 Å². The van der Waals surface area contributed by atoms with Gasteiger partial charge in [0.25, 0.3) is 5.56 Å². The highest BCUT2D eigenvalue weighted by atomic mass is 16.5. The summed E-state index contributed by atoms with van der Waals surface area (Å²) in [4.78, 5) is 23.9. The van der Waals surface area contributed by atoms with E-state index < -0.39 is 0 Å². The Hall–Kier alpha value is -1.69. The largest absolute Gasteiger partial charge is 0.379 e. The number of aromatic nitrogens is 2. The van der Waals surface area contributed by atoms with Crippen LogP contribution in [-0.4, -0.2) is 34.9 Å². The molecule has 0 aromatic carbocycles. The van der Waals surface area contributed by atoms with Crippen LogP contribution in [0.4, 0.5) is 0 Å². The fourth-order valence-electron chi connectivity index (χ4n) is 2.53. The average Bonchev–Trinajstić information content (AvgIpc) is 2.47. The van der Waals surface area contributed by atoms with Crippen molar-refractivity contribution in [1.82, 2.24) is 15.1 Å². The minimum Gasteiger partial charge on any atom is -0.379 e. The molecular formula is C16H25N3O3. The first-order valence-electron chi connectivity index (χ1n) is 8.04. The van der Waals surface area contributed by atoms with Crippen molar-refractivity contribution in [2.24, 2.45) is 0 Å². The number of ether oxygens (including phenoxy) is 1. The summed E-state index contributed by atoms with van der Waals surface area (Å²) in [6.45, 7) is 5.11. The summed E-state index contributed by atoms with van der Waals surface area (Å²) < 4.78 is 6.67. The van der Waals surface area contributed by atoms with Crippen molar-refractivity contribution in [2.45, 2.75) is 58.6 Å². The average molecular weight is 307 g/mol. The van der Waals surface area contributed by atoms with Gasteiger partial charge in [0.05, 0.1) is 11.8 Å². The van der Waals surface area contributed by atoms with E-state index in [0.29, 0.717) is 13.2 Å². The van der Waals surface area contributed by atoms with Gasteiger partial charge in [-0.3, -0.25) is 9.59 Å². The highest BCUT2D eigenvalue weighted by Crippen LogP contribution is 2.16. The number of carbonyl (C=O) groups is 1. The zero-order chi connectivity index (χ0) is 15.9. The number of rotatable bonds is 7. The van der Waals surface area contributed by atoms with Crippen molar-refractivity contribution in [3.63, 3.8) is 0 Å². The van der Waals surface area contributed by atoms with Crippen LogP contribution >= 0.6 is 0 Å². The quantitative estimate of drug-likeness (QED) is 0.764. The Morgan fingerprint density at radius 1 is 1.41 bits per heavy atom. The molecule has 22 heavy (non-hydrogen) atoms. The van der Waals surface area contributed by atoms with Crippen LogP contribution in [0.2, 0.25) is 0 Å². The van der Waals surface area contributed by atoms with E-state index in [-0.39, 0.29) is 24.1 Å². The summed E-state index contributed by atoms with van der Waals surface area (Å²) in [6.07, 6.45) is 4.98. The fraction of sp³-hybridized carbons (Fsp3) is 0.688. The second kappa shape index (κ2) is 8.08. The van der Waals surface area contributed by atoms with Gasteiger partial charge in [0.1, 0.15) is 6.54 Å². The predicted molar refractivity (Wildman–Crippen MR) is 83.9 cm³/mol. The van der Waals surface area contributed by atoms with Crippen molar-refractivity contribution >= 4 is 5.91 Å². The number of aryl methyl sites for hydroxylation is 2. The van der Waals surface area contributed by atoms with Crippen LogP contribution in [0.5, 0.6) is 0 Å². The molecule has 1 heterocycles. The van der Waals surface area contributed by atoms with Crippen LogP contribution in [0.1, 0.15) is 44.4 Å².